The van der Waals surface area contributed by atoms with Gasteiger partial charge >= 0.3 is 0 Å². The average Bonchev–Trinajstić information content (AvgIpc) is 1.96. The Balaban J connectivity index is 0.00000144. The normalized spacial score (nSPS) is 15.8. The summed E-state index contributed by atoms with van der Waals surface area (Å²) in [6, 6.07) is 0. The fourth-order valence-corrected chi connectivity index (χ4v) is 0.934. The molecule has 0 spiro atoms. The number of nitrogens with zero attached hydrogens (tertiary/aromatic N) is 1. The molecule has 69 valence electrons. The van der Waals surface area contributed by atoms with E-state index in [9.17, 15) is 8.78 Å². The van der Waals surface area contributed by atoms with E-state index in [1.54, 1.807) is 19.1 Å². The number of rotatable bonds is 2. The van der Waals surface area contributed by atoms with Crippen LogP contribution in [0.3, 0.4) is 0 Å². The van der Waals surface area contributed by atoms with E-state index in [0.29, 0.717) is 5.70 Å². The van der Waals surface area contributed by atoms with Gasteiger partial charge in [-0.3, -0.25) is 0 Å². The van der Waals surface area contributed by atoms with Crippen molar-refractivity contribution >= 4 is 0 Å². The van der Waals surface area contributed by atoms with Crippen LogP contribution >= 0.6 is 0 Å². The summed E-state index contributed by atoms with van der Waals surface area (Å²) in [6.07, 6.45) is 3.93. The largest absolute Gasteiger partial charge is 0.451 e. The topological polar surface area (TPSA) is 3.24 Å². The van der Waals surface area contributed by atoms with Crippen molar-refractivity contribution in [3.05, 3.63) is 36.2 Å². The van der Waals surface area contributed by atoms with Crippen LogP contribution in [0.1, 0.15) is 6.92 Å². The summed E-state index contributed by atoms with van der Waals surface area (Å²) in [7, 11) is 0. The number of hydrogen-bond donors (Lipinski definition) is 0. The minimum Gasteiger partial charge on any atom is -0.451 e. The second kappa shape index (κ2) is 5.66. The fourth-order valence-electron chi connectivity index (χ4n) is 0.934. The maximum absolute atomic E-state index is 12.0. The van der Waals surface area contributed by atoms with Crippen LogP contribution in [0.5, 0.6) is 0 Å². The molecule has 0 saturated heterocycles. The molecule has 1 aliphatic rings. The van der Waals surface area contributed by atoms with E-state index in [1.165, 1.54) is 4.90 Å². The first kappa shape index (κ1) is 13.0. The molecule has 0 aromatic heterocycles. The first-order valence-corrected chi connectivity index (χ1v) is 3.62. The summed E-state index contributed by atoms with van der Waals surface area (Å²) in [5.74, 6) is 0. The van der Waals surface area contributed by atoms with Crippen molar-refractivity contribution in [2.75, 3.05) is 6.54 Å². The molecular weight excluding hydrogens is 249 g/mol. The monoisotopic (exact) mass is 259 g/mol. The zero-order valence-corrected chi connectivity index (χ0v) is 10.3. The van der Waals surface area contributed by atoms with Gasteiger partial charge in [0.05, 0.1) is 6.54 Å². The van der Waals surface area contributed by atoms with E-state index in [0.717, 1.165) is 5.57 Å². The Morgan fingerprint density at radius 1 is 1.54 bits per heavy atom. The van der Waals surface area contributed by atoms with Crippen LogP contribution < -0.4 is 0 Å². The van der Waals surface area contributed by atoms with Crippen molar-refractivity contribution in [3.63, 3.8) is 0 Å². The maximum atomic E-state index is 12.0. The van der Waals surface area contributed by atoms with Gasteiger partial charge in [-0.15, -0.1) is 18.2 Å². The molecule has 1 radical (unpaired) electrons. The molecule has 0 fully saturated rings. The van der Waals surface area contributed by atoms with Gasteiger partial charge in [-0.2, -0.15) is 6.08 Å². The van der Waals surface area contributed by atoms with Gasteiger partial charge in [-0.05, 0) is 0 Å². The second-order valence-electron chi connectivity index (χ2n) is 2.62. The van der Waals surface area contributed by atoms with E-state index in [2.05, 4.69) is 12.8 Å². The molecule has 1 nitrogen and oxygen atoms in total. The van der Waals surface area contributed by atoms with Crippen LogP contribution in [0.25, 0.3) is 0 Å². The summed E-state index contributed by atoms with van der Waals surface area (Å²) in [5, 5.41) is 0. The van der Waals surface area contributed by atoms with Crippen molar-refractivity contribution in [3.8, 4) is 0 Å². The molecule has 1 heterocycles. The van der Waals surface area contributed by atoms with Crippen molar-refractivity contribution < 1.29 is 41.5 Å². The fraction of sp³-hybridized carbons (Fsp3) is 0.333. The summed E-state index contributed by atoms with van der Waals surface area (Å²) in [5.41, 5.74) is 1.39. The molecule has 4 heteroatoms. The Bertz CT molecular complexity index is 246. The number of alkyl halides is 2. The third kappa shape index (κ3) is 4.14. The Morgan fingerprint density at radius 2 is 2.15 bits per heavy atom. The van der Waals surface area contributed by atoms with Crippen LogP contribution in [0.2, 0.25) is 0 Å². The van der Waals surface area contributed by atoms with Crippen molar-refractivity contribution in [2.45, 2.75) is 13.3 Å². The van der Waals surface area contributed by atoms with Crippen LogP contribution in [-0.4, -0.2) is 17.9 Å². The number of hydrogen-bond acceptors (Lipinski definition) is 1. The van der Waals surface area contributed by atoms with Gasteiger partial charge in [0.2, 0.25) is 0 Å². The smallest absolute Gasteiger partial charge is 0.254 e. The maximum Gasteiger partial charge on any atom is 0.254 e. The predicted octanol–water partition coefficient (Wildman–Crippen LogP) is 2.34. The average molecular weight is 259 g/mol. The SMILES string of the molecule is C=C1C=CC(C)=[C-]N1CC(F)F.[Y]. The molecule has 1 aliphatic heterocycles. The van der Waals surface area contributed by atoms with E-state index in [-0.39, 0.29) is 39.3 Å². The minimum atomic E-state index is -2.35. The predicted molar refractivity (Wildman–Crippen MR) is 43.4 cm³/mol. The molecule has 13 heavy (non-hydrogen) atoms. The van der Waals surface area contributed by atoms with Gasteiger partial charge in [0, 0.05) is 32.7 Å². The van der Waals surface area contributed by atoms with Gasteiger partial charge in [0.15, 0.2) is 0 Å². The molecule has 0 saturated carbocycles. The van der Waals surface area contributed by atoms with E-state index >= 15 is 0 Å². The van der Waals surface area contributed by atoms with Crippen LogP contribution in [0.4, 0.5) is 8.78 Å². The van der Waals surface area contributed by atoms with Crippen molar-refractivity contribution in [1.29, 1.82) is 0 Å². The molecule has 0 aromatic carbocycles. The summed E-state index contributed by atoms with van der Waals surface area (Å²) >= 11 is 0. The van der Waals surface area contributed by atoms with Gasteiger partial charge in [-0.25, -0.2) is 8.78 Å². The zero-order chi connectivity index (χ0) is 9.14. The number of allylic oxidation sites excluding steroid dienone is 3. The Kier molecular flexibility index (Phi) is 5.65. The van der Waals surface area contributed by atoms with Gasteiger partial charge in [-0.1, -0.05) is 18.8 Å². The molecule has 0 bridgehead atoms. The molecule has 0 atom stereocenters. The summed E-state index contributed by atoms with van der Waals surface area (Å²) in [4.78, 5) is 1.33. The van der Waals surface area contributed by atoms with Crippen LogP contribution in [0, 0.1) is 6.20 Å². The Labute approximate surface area is 102 Å². The minimum absolute atomic E-state index is 0. The zero-order valence-electron chi connectivity index (χ0n) is 7.43. The molecule has 0 aliphatic carbocycles. The van der Waals surface area contributed by atoms with Crippen molar-refractivity contribution in [2.24, 2.45) is 0 Å². The third-order valence-corrected chi connectivity index (χ3v) is 1.50. The Hall–Kier alpha value is -0.0161. The van der Waals surface area contributed by atoms with Crippen LogP contribution in [0.15, 0.2) is 30.0 Å². The Morgan fingerprint density at radius 3 is 2.69 bits per heavy atom. The van der Waals surface area contributed by atoms with Gasteiger partial charge < -0.3 is 4.90 Å². The molecule has 1 rings (SSSR count). The summed E-state index contributed by atoms with van der Waals surface area (Å²) < 4.78 is 23.9. The quantitative estimate of drug-likeness (QED) is 0.688. The van der Waals surface area contributed by atoms with E-state index in [4.69, 9.17) is 0 Å². The molecular formula is C9H10F2NY-. The first-order chi connectivity index (χ1) is 5.59. The number of halogens is 2. The molecule has 0 unspecified atom stereocenters. The standard InChI is InChI=1S/C9H10F2N.Y/c1-7-3-4-8(2)12(5-7)6-9(10)11;/h3-4,9H,2,6H2,1H3;/q-1;. The molecule has 0 aromatic rings. The third-order valence-electron chi connectivity index (χ3n) is 1.50. The van der Waals surface area contributed by atoms with Crippen LogP contribution in [-0.2, 0) is 32.7 Å². The summed E-state index contributed by atoms with van der Waals surface area (Å²) in [6.45, 7) is 5.09. The van der Waals surface area contributed by atoms with E-state index in [1.807, 2.05) is 0 Å². The first-order valence-electron chi connectivity index (χ1n) is 3.62. The van der Waals surface area contributed by atoms with Gasteiger partial charge in [0.25, 0.3) is 6.43 Å². The molecule has 0 amide bonds. The van der Waals surface area contributed by atoms with Gasteiger partial charge in [0.1, 0.15) is 0 Å². The van der Waals surface area contributed by atoms with Crippen molar-refractivity contribution in [1.82, 2.24) is 4.90 Å². The second-order valence-corrected chi connectivity index (χ2v) is 2.62. The van der Waals surface area contributed by atoms with E-state index < -0.39 is 6.43 Å². The molecule has 0 N–H and O–H groups in total.